The van der Waals surface area contributed by atoms with Crippen LogP contribution in [0.5, 0.6) is 0 Å². The lowest BCUT2D eigenvalue weighted by Gasteiger charge is -2.30. The number of rotatable bonds is 41. The molecule has 0 saturated heterocycles. The first-order valence-corrected chi connectivity index (χ1v) is 23.6. The summed E-state index contributed by atoms with van der Waals surface area (Å²) in [5.41, 5.74) is -1.63. The molecule has 8 nitrogen and oxygen atoms in total. The van der Waals surface area contributed by atoms with E-state index in [4.69, 9.17) is 18.9 Å². The van der Waals surface area contributed by atoms with Gasteiger partial charge in [-0.15, -0.1) is 0 Å². The van der Waals surface area contributed by atoms with Gasteiger partial charge in [-0.2, -0.15) is 0 Å². The highest BCUT2D eigenvalue weighted by Crippen LogP contribution is 2.24. The predicted octanol–water partition coefficient (Wildman–Crippen LogP) is 13.1. The monoisotopic (exact) mass is 831 g/mol. The van der Waals surface area contributed by atoms with E-state index in [0.717, 1.165) is 50.3 Å². The molecule has 0 aliphatic rings. The Labute approximate surface area is 340 Å². The van der Waals surface area contributed by atoms with Gasteiger partial charge in [0, 0.05) is 25.1 Å². The lowest BCUT2D eigenvalue weighted by molar-refractivity contribution is -0.179. The molecule has 0 radical (unpaired) electrons. The van der Waals surface area contributed by atoms with Crippen LogP contribution in [0.25, 0.3) is 0 Å². The molecule has 0 aliphatic heterocycles. The molecule has 0 N–H and O–H groups in total. The second kappa shape index (κ2) is 39.6. The number of carbonyl (C=O) groups is 4. The summed E-state index contributed by atoms with van der Waals surface area (Å²) < 4.78 is 22.1. The molecule has 0 aromatic carbocycles. The molecule has 0 atom stereocenters. The minimum Gasteiger partial charge on any atom is -0.465 e. The van der Waals surface area contributed by atoms with Crippen LogP contribution >= 0.6 is 15.9 Å². The van der Waals surface area contributed by atoms with Crippen molar-refractivity contribution < 1.29 is 38.1 Å². The number of unbranched alkanes of at least 4 members (excludes halogenated alkanes) is 27. The summed E-state index contributed by atoms with van der Waals surface area (Å²) in [4.78, 5) is 51.0. The maximum absolute atomic E-state index is 13.6. The maximum Gasteiger partial charge on any atom is 0.322 e. The molecule has 0 aromatic rings. The van der Waals surface area contributed by atoms with E-state index in [1.807, 2.05) is 0 Å². The number of hydrogen-bond donors (Lipinski definition) is 0. The normalized spacial score (nSPS) is 11.4. The van der Waals surface area contributed by atoms with Crippen LogP contribution in [0.2, 0.25) is 0 Å². The number of esters is 4. The van der Waals surface area contributed by atoms with Gasteiger partial charge in [0.25, 0.3) is 0 Å². The van der Waals surface area contributed by atoms with E-state index in [9.17, 15) is 19.2 Å². The summed E-state index contributed by atoms with van der Waals surface area (Å²) in [7, 11) is 0. The summed E-state index contributed by atoms with van der Waals surface area (Å²) >= 11 is 3.43. The van der Waals surface area contributed by atoms with Crippen molar-refractivity contribution >= 4 is 39.8 Å². The zero-order chi connectivity index (χ0) is 39.8. The second-order valence-electron chi connectivity index (χ2n) is 15.6. The standard InChI is InChI=1S/C45H83BrO8/c1-4-6-8-10-12-14-16-18-20-22-24-26-30-34-42(48)53-39-45(38-52-41(3)47,44(50)51-37-33-29-28-32-36-46)40-54-43(49)35-31-27-25-23-21-19-17-15-13-11-9-7-5-2/h4-40H2,1-3H3. The molecule has 0 saturated carbocycles. The first-order chi connectivity index (χ1) is 26.3. The van der Waals surface area contributed by atoms with Crippen molar-refractivity contribution in [3.8, 4) is 0 Å². The lowest BCUT2D eigenvalue weighted by Crippen LogP contribution is -2.47. The zero-order valence-electron chi connectivity index (χ0n) is 35.3. The number of alkyl halides is 1. The highest BCUT2D eigenvalue weighted by atomic mass is 79.9. The number of halogens is 1. The van der Waals surface area contributed by atoms with Gasteiger partial charge in [0.05, 0.1) is 6.61 Å². The SMILES string of the molecule is CCCCCCCCCCCCCCCC(=O)OCC(COC(C)=O)(COC(=O)CCCCCCCCCCCCCCC)C(=O)OCCCCCCBr. The third kappa shape index (κ3) is 33.7. The Hall–Kier alpha value is -1.64. The average molecular weight is 832 g/mol. The van der Waals surface area contributed by atoms with Crippen LogP contribution in [-0.4, -0.2) is 55.6 Å². The van der Waals surface area contributed by atoms with Gasteiger partial charge in [-0.05, 0) is 25.7 Å². The minimum absolute atomic E-state index is 0.183. The van der Waals surface area contributed by atoms with E-state index in [2.05, 4.69) is 29.8 Å². The van der Waals surface area contributed by atoms with Crippen LogP contribution < -0.4 is 0 Å². The molecule has 0 rings (SSSR count). The fourth-order valence-corrected chi connectivity index (χ4v) is 6.96. The molecular weight excluding hydrogens is 748 g/mol. The van der Waals surface area contributed by atoms with Gasteiger partial charge >= 0.3 is 23.9 Å². The second-order valence-corrected chi connectivity index (χ2v) is 16.4. The van der Waals surface area contributed by atoms with E-state index in [-0.39, 0.29) is 32.7 Å². The Kier molecular flexibility index (Phi) is 38.4. The molecule has 318 valence electrons. The predicted molar refractivity (Wildman–Crippen MR) is 225 cm³/mol. The Bertz CT molecular complexity index is 849. The Morgan fingerprint density at radius 3 is 1.07 bits per heavy atom. The van der Waals surface area contributed by atoms with E-state index >= 15 is 0 Å². The van der Waals surface area contributed by atoms with E-state index in [0.29, 0.717) is 19.3 Å². The Morgan fingerprint density at radius 2 is 0.722 bits per heavy atom. The maximum atomic E-state index is 13.6. The molecule has 54 heavy (non-hydrogen) atoms. The van der Waals surface area contributed by atoms with Crippen LogP contribution in [0.1, 0.15) is 226 Å². The van der Waals surface area contributed by atoms with Gasteiger partial charge in [-0.25, -0.2) is 0 Å². The van der Waals surface area contributed by atoms with Crippen molar-refractivity contribution in [1.29, 1.82) is 0 Å². The molecule has 0 spiro atoms. The largest absolute Gasteiger partial charge is 0.465 e. The molecule has 0 aliphatic carbocycles. The number of ether oxygens (including phenoxy) is 4. The molecular formula is C45H83BrO8. The molecule has 9 heteroatoms. The lowest BCUT2D eigenvalue weighted by atomic mass is 9.91. The fourth-order valence-electron chi connectivity index (χ4n) is 6.57. The van der Waals surface area contributed by atoms with Gasteiger partial charge in [0.15, 0.2) is 5.41 Å². The molecule has 0 amide bonds. The summed E-state index contributed by atoms with van der Waals surface area (Å²) in [6.45, 7) is 4.77. The molecule has 0 fully saturated rings. The summed E-state index contributed by atoms with van der Waals surface area (Å²) in [6, 6.07) is 0. The van der Waals surface area contributed by atoms with Gasteiger partial charge in [-0.3, -0.25) is 19.2 Å². The van der Waals surface area contributed by atoms with Crippen LogP contribution in [0.15, 0.2) is 0 Å². The van der Waals surface area contributed by atoms with Crippen molar-refractivity contribution in [2.24, 2.45) is 5.41 Å². The van der Waals surface area contributed by atoms with Gasteiger partial charge in [0.1, 0.15) is 19.8 Å². The highest BCUT2D eigenvalue weighted by Gasteiger charge is 2.45. The minimum atomic E-state index is -1.63. The summed E-state index contributed by atoms with van der Waals surface area (Å²) in [6.07, 6.45) is 35.6. The summed E-state index contributed by atoms with van der Waals surface area (Å²) in [5.74, 6) is -2.12. The third-order valence-corrected chi connectivity index (χ3v) is 10.8. The highest BCUT2D eigenvalue weighted by molar-refractivity contribution is 9.09. The van der Waals surface area contributed by atoms with Crippen molar-refractivity contribution in [2.75, 3.05) is 31.8 Å². The smallest absolute Gasteiger partial charge is 0.322 e. The third-order valence-electron chi connectivity index (χ3n) is 10.2. The molecule has 0 aromatic heterocycles. The Morgan fingerprint density at radius 1 is 0.407 bits per heavy atom. The van der Waals surface area contributed by atoms with Crippen LogP contribution in [-0.2, 0) is 38.1 Å². The van der Waals surface area contributed by atoms with Crippen LogP contribution in [0.3, 0.4) is 0 Å². The topological polar surface area (TPSA) is 105 Å². The van der Waals surface area contributed by atoms with Gasteiger partial charge < -0.3 is 18.9 Å². The van der Waals surface area contributed by atoms with E-state index in [1.54, 1.807) is 0 Å². The number of hydrogen-bond acceptors (Lipinski definition) is 8. The van der Waals surface area contributed by atoms with Gasteiger partial charge in [-0.1, -0.05) is 197 Å². The van der Waals surface area contributed by atoms with Crippen LogP contribution in [0.4, 0.5) is 0 Å². The first-order valence-electron chi connectivity index (χ1n) is 22.5. The zero-order valence-corrected chi connectivity index (χ0v) is 36.9. The molecule has 0 unspecified atom stereocenters. The van der Waals surface area contributed by atoms with E-state index in [1.165, 1.54) is 135 Å². The van der Waals surface area contributed by atoms with Crippen molar-refractivity contribution in [3.63, 3.8) is 0 Å². The van der Waals surface area contributed by atoms with Crippen molar-refractivity contribution in [1.82, 2.24) is 0 Å². The molecule has 0 bridgehead atoms. The van der Waals surface area contributed by atoms with Crippen molar-refractivity contribution in [3.05, 3.63) is 0 Å². The average Bonchev–Trinajstić information content (AvgIpc) is 3.16. The number of carbonyl (C=O) groups excluding carboxylic acids is 4. The quantitative estimate of drug-likeness (QED) is 0.0260. The van der Waals surface area contributed by atoms with Crippen molar-refractivity contribution in [2.45, 2.75) is 226 Å². The van der Waals surface area contributed by atoms with Gasteiger partial charge in [0.2, 0.25) is 0 Å². The Balaban J connectivity index is 4.80. The summed E-state index contributed by atoms with van der Waals surface area (Å²) in [5, 5.41) is 0.924. The van der Waals surface area contributed by atoms with Crippen LogP contribution in [0, 0.1) is 5.41 Å². The molecule has 0 heterocycles. The first kappa shape index (κ1) is 52.4. The van der Waals surface area contributed by atoms with E-state index < -0.39 is 35.9 Å². The fraction of sp³-hybridized carbons (Fsp3) is 0.911.